The highest BCUT2D eigenvalue weighted by Gasteiger charge is 2.17. The SMILES string of the molecule is CCN(Cc1ccc(CN(C)C)cc1)C(=O)Cn1c2ccccc2c(=O)c2ccccc21. The molecule has 5 nitrogen and oxygen atoms in total. The third-order valence-electron chi connectivity index (χ3n) is 5.80. The molecule has 164 valence electrons. The van der Waals surface area contributed by atoms with Crippen LogP contribution in [0, 0.1) is 0 Å². The predicted molar refractivity (Wildman–Crippen MR) is 131 cm³/mol. The van der Waals surface area contributed by atoms with Gasteiger partial charge < -0.3 is 14.4 Å². The molecule has 32 heavy (non-hydrogen) atoms. The molecule has 0 aliphatic carbocycles. The van der Waals surface area contributed by atoms with E-state index in [1.165, 1.54) is 5.56 Å². The van der Waals surface area contributed by atoms with Crippen molar-refractivity contribution in [2.24, 2.45) is 0 Å². The molecule has 0 bridgehead atoms. The van der Waals surface area contributed by atoms with E-state index < -0.39 is 0 Å². The number of pyridine rings is 1. The Morgan fingerprint density at radius 2 is 1.28 bits per heavy atom. The average molecular weight is 428 g/mol. The van der Waals surface area contributed by atoms with Crippen LogP contribution in [0.4, 0.5) is 0 Å². The van der Waals surface area contributed by atoms with E-state index in [4.69, 9.17) is 0 Å². The van der Waals surface area contributed by atoms with Crippen LogP contribution in [0.2, 0.25) is 0 Å². The fourth-order valence-corrected chi connectivity index (χ4v) is 4.19. The number of hydrogen-bond donors (Lipinski definition) is 0. The van der Waals surface area contributed by atoms with Gasteiger partial charge in [-0.1, -0.05) is 48.5 Å². The summed E-state index contributed by atoms with van der Waals surface area (Å²) in [6.07, 6.45) is 0. The van der Waals surface area contributed by atoms with Crippen LogP contribution in [0.3, 0.4) is 0 Å². The van der Waals surface area contributed by atoms with E-state index >= 15 is 0 Å². The van der Waals surface area contributed by atoms with E-state index in [0.717, 1.165) is 23.1 Å². The van der Waals surface area contributed by atoms with Crippen LogP contribution in [0.1, 0.15) is 18.1 Å². The van der Waals surface area contributed by atoms with Gasteiger partial charge in [0.15, 0.2) is 5.43 Å². The van der Waals surface area contributed by atoms with Crippen LogP contribution in [0.5, 0.6) is 0 Å². The van der Waals surface area contributed by atoms with E-state index in [-0.39, 0.29) is 17.9 Å². The third-order valence-corrected chi connectivity index (χ3v) is 5.80. The second-order valence-corrected chi connectivity index (χ2v) is 8.41. The molecule has 0 radical (unpaired) electrons. The van der Waals surface area contributed by atoms with Gasteiger partial charge in [0.25, 0.3) is 0 Å². The molecule has 3 aromatic carbocycles. The first-order chi connectivity index (χ1) is 15.5. The van der Waals surface area contributed by atoms with E-state index in [9.17, 15) is 9.59 Å². The van der Waals surface area contributed by atoms with Crippen LogP contribution >= 0.6 is 0 Å². The van der Waals surface area contributed by atoms with Gasteiger partial charge in [0.05, 0.1) is 11.0 Å². The summed E-state index contributed by atoms with van der Waals surface area (Å²) >= 11 is 0. The van der Waals surface area contributed by atoms with Crippen LogP contribution in [-0.4, -0.2) is 40.9 Å². The number of amides is 1. The second kappa shape index (κ2) is 9.37. The Balaban J connectivity index is 1.63. The van der Waals surface area contributed by atoms with Crippen molar-refractivity contribution in [1.29, 1.82) is 0 Å². The Labute approximate surface area is 188 Å². The van der Waals surface area contributed by atoms with E-state index in [2.05, 4.69) is 43.3 Å². The van der Waals surface area contributed by atoms with Crippen LogP contribution in [0.15, 0.2) is 77.6 Å². The summed E-state index contributed by atoms with van der Waals surface area (Å²) in [5.74, 6) is 0.0313. The molecule has 0 saturated heterocycles. The standard InChI is InChI=1S/C27H29N3O2/c1-4-29(18-21-15-13-20(14-16-21)17-28(2)3)26(31)19-30-24-11-7-5-9-22(24)27(32)23-10-6-8-12-25(23)30/h5-16H,4,17-19H2,1-3H3. The van der Waals surface area contributed by atoms with Gasteiger partial charge in [0.1, 0.15) is 6.54 Å². The second-order valence-electron chi connectivity index (χ2n) is 8.41. The number of fused-ring (bicyclic) bond motifs is 2. The van der Waals surface area contributed by atoms with Crippen LogP contribution in [-0.2, 0) is 24.4 Å². The van der Waals surface area contributed by atoms with Crippen molar-refractivity contribution in [1.82, 2.24) is 14.4 Å². The number of para-hydroxylation sites is 2. The van der Waals surface area contributed by atoms with Crippen molar-refractivity contribution in [3.8, 4) is 0 Å². The minimum Gasteiger partial charge on any atom is -0.337 e. The van der Waals surface area contributed by atoms with Gasteiger partial charge in [-0.25, -0.2) is 0 Å². The van der Waals surface area contributed by atoms with Gasteiger partial charge in [-0.05, 0) is 56.4 Å². The minimum atomic E-state index is 0.00469. The maximum atomic E-state index is 13.4. The van der Waals surface area contributed by atoms with Crippen molar-refractivity contribution in [3.05, 3.63) is 94.1 Å². The lowest BCUT2D eigenvalue weighted by atomic mass is 10.1. The molecule has 0 aliphatic rings. The number of aromatic nitrogens is 1. The zero-order valence-electron chi connectivity index (χ0n) is 18.9. The zero-order valence-corrected chi connectivity index (χ0v) is 18.9. The Morgan fingerprint density at radius 1 is 0.781 bits per heavy atom. The van der Waals surface area contributed by atoms with Crippen molar-refractivity contribution in [2.75, 3.05) is 20.6 Å². The summed E-state index contributed by atoms with van der Waals surface area (Å²) in [6, 6.07) is 23.5. The topological polar surface area (TPSA) is 45.5 Å². The van der Waals surface area contributed by atoms with Gasteiger partial charge in [-0.15, -0.1) is 0 Å². The summed E-state index contributed by atoms with van der Waals surface area (Å²) in [7, 11) is 4.10. The molecule has 0 spiro atoms. The highest BCUT2D eigenvalue weighted by Crippen LogP contribution is 2.20. The molecular weight excluding hydrogens is 398 g/mol. The van der Waals surface area contributed by atoms with Crippen molar-refractivity contribution < 1.29 is 4.79 Å². The number of likely N-dealkylation sites (N-methyl/N-ethyl adjacent to an activating group) is 1. The van der Waals surface area contributed by atoms with Gasteiger partial charge in [-0.3, -0.25) is 9.59 Å². The Kier molecular flexibility index (Phi) is 6.37. The third kappa shape index (κ3) is 4.43. The molecule has 5 heteroatoms. The van der Waals surface area contributed by atoms with Crippen molar-refractivity contribution in [3.63, 3.8) is 0 Å². The smallest absolute Gasteiger partial charge is 0.242 e. The monoisotopic (exact) mass is 427 g/mol. The predicted octanol–water partition coefficient (Wildman–Crippen LogP) is 4.27. The lowest BCUT2D eigenvalue weighted by Gasteiger charge is -2.23. The molecule has 0 aliphatic heterocycles. The van der Waals surface area contributed by atoms with Crippen molar-refractivity contribution >= 4 is 27.7 Å². The highest BCUT2D eigenvalue weighted by molar-refractivity contribution is 5.94. The summed E-state index contributed by atoms with van der Waals surface area (Å²) < 4.78 is 1.97. The lowest BCUT2D eigenvalue weighted by molar-refractivity contribution is -0.132. The molecule has 1 aromatic heterocycles. The Morgan fingerprint density at radius 3 is 1.78 bits per heavy atom. The number of benzene rings is 3. The molecule has 4 aromatic rings. The Bertz CT molecular complexity index is 1250. The number of rotatable bonds is 7. The average Bonchev–Trinajstić information content (AvgIpc) is 2.80. The van der Waals surface area contributed by atoms with Crippen molar-refractivity contribution in [2.45, 2.75) is 26.6 Å². The van der Waals surface area contributed by atoms with Gasteiger partial charge >= 0.3 is 0 Å². The van der Waals surface area contributed by atoms with Crippen LogP contribution < -0.4 is 5.43 Å². The first-order valence-corrected chi connectivity index (χ1v) is 11.0. The van der Waals surface area contributed by atoms with E-state index in [0.29, 0.717) is 23.9 Å². The normalized spacial score (nSPS) is 11.4. The van der Waals surface area contributed by atoms with E-state index in [1.54, 1.807) is 0 Å². The Hall–Kier alpha value is -3.44. The molecule has 0 fully saturated rings. The zero-order chi connectivity index (χ0) is 22.7. The molecule has 4 rings (SSSR count). The molecule has 1 heterocycles. The number of hydrogen-bond acceptors (Lipinski definition) is 3. The summed E-state index contributed by atoms with van der Waals surface area (Å²) in [5.41, 5.74) is 3.93. The highest BCUT2D eigenvalue weighted by atomic mass is 16.2. The minimum absolute atomic E-state index is 0.00469. The molecule has 0 unspecified atom stereocenters. The summed E-state index contributed by atoms with van der Waals surface area (Å²) in [4.78, 5) is 30.3. The fourth-order valence-electron chi connectivity index (χ4n) is 4.19. The van der Waals surface area contributed by atoms with Gasteiger partial charge in [0.2, 0.25) is 5.91 Å². The fraction of sp³-hybridized carbons (Fsp3) is 0.259. The maximum Gasteiger partial charge on any atom is 0.242 e. The maximum absolute atomic E-state index is 13.4. The first-order valence-electron chi connectivity index (χ1n) is 11.0. The number of carbonyl (C=O) groups is 1. The molecule has 0 saturated carbocycles. The summed E-state index contributed by atoms with van der Waals surface area (Å²) in [5, 5.41) is 1.28. The quantitative estimate of drug-likeness (QED) is 0.414. The lowest BCUT2D eigenvalue weighted by Crippen LogP contribution is -2.33. The molecule has 0 atom stereocenters. The first kappa shape index (κ1) is 21.8. The van der Waals surface area contributed by atoms with Gasteiger partial charge in [0, 0.05) is 30.4 Å². The largest absolute Gasteiger partial charge is 0.337 e. The molecular formula is C27H29N3O2. The molecule has 0 N–H and O–H groups in total. The molecule has 1 amide bonds. The number of nitrogens with zero attached hydrogens (tertiary/aromatic N) is 3. The van der Waals surface area contributed by atoms with Gasteiger partial charge in [-0.2, -0.15) is 0 Å². The van der Waals surface area contributed by atoms with E-state index in [1.807, 2.05) is 64.9 Å². The number of carbonyl (C=O) groups excluding carboxylic acids is 1. The summed E-state index contributed by atoms with van der Waals surface area (Å²) in [6.45, 7) is 4.26. The van der Waals surface area contributed by atoms with Crippen LogP contribution in [0.25, 0.3) is 21.8 Å².